The molecule has 0 aliphatic carbocycles. The molecule has 2 N–H and O–H groups in total. The average molecular weight is 432 g/mol. The fourth-order valence-corrected chi connectivity index (χ4v) is 3.83. The van der Waals surface area contributed by atoms with Crippen LogP contribution in [0.5, 0.6) is 5.75 Å². The topological polar surface area (TPSA) is 109 Å². The van der Waals surface area contributed by atoms with Crippen molar-refractivity contribution < 1.29 is 9.47 Å². The van der Waals surface area contributed by atoms with Crippen LogP contribution in [0.2, 0.25) is 0 Å². The van der Waals surface area contributed by atoms with Crippen molar-refractivity contribution in [2.45, 2.75) is 6.42 Å². The molecule has 1 aromatic carbocycles. The first-order chi connectivity index (χ1) is 15.8. The lowest BCUT2D eigenvalue weighted by molar-refractivity contribution is 0.0322. The van der Waals surface area contributed by atoms with Crippen molar-refractivity contribution in [3.63, 3.8) is 0 Å². The Morgan fingerprint density at radius 3 is 2.84 bits per heavy atom. The lowest BCUT2D eigenvalue weighted by Crippen LogP contribution is -2.38. The van der Waals surface area contributed by atoms with E-state index in [9.17, 15) is 4.79 Å². The summed E-state index contributed by atoms with van der Waals surface area (Å²) in [5.74, 6) is 1.35. The number of H-pyrrole nitrogens is 2. The first-order valence-electron chi connectivity index (χ1n) is 10.7. The van der Waals surface area contributed by atoms with E-state index >= 15 is 0 Å². The van der Waals surface area contributed by atoms with Gasteiger partial charge in [0.25, 0.3) is 5.56 Å². The molecule has 0 amide bonds. The highest BCUT2D eigenvalue weighted by atomic mass is 16.5. The van der Waals surface area contributed by atoms with Gasteiger partial charge in [-0.3, -0.25) is 19.8 Å². The Morgan fingerprint density at radius 2 is 2.00 bits per heavy atom. The first kappa shape index (κ1) is 20.3. The van der Waals surface area contributed by atoms with Gasteiger partial charge in [-0.25, -0.2) is 4.98 Å². The Labute approximate surface area is 184 Å². The van der Waals surface area contributed by atoms with Crippen molar-refractivity contribution in [1.29, 1.82) is 0 Å². The molecule has 9 heteroatoms. The molecule has 1 saturated heterocycles. The highest BCUT2D eigenvalue weighted by Crippen LogP contribution is 2.24. The van der Waals surface area contributed by atoms with E-state index in [4.69, 9.17) is 14.5 Å². The minimum atomic E-state index is -0.252. The summed E-state index contributed by atoms with van der Waals surface area (Å²) in [6.07, 6.45) is 3.84. The zero-order chi connectivity index (χ0) is 21.8. The molecule has 1 aliphatic rings. The number of nitrogens with zero attached hydrogens (tertiary/aromatic N) is 4. The average Bonchev–Trinajstić information content (AvgIpc) is 3.26. The maximum atomic E-state index is 12.6. The van der Waals surface area contributed by atoms with Crippen LogP contribution in [0.4, 0.5) is 0 Å². The highest BCUT2D eigenvalue weighted by Gasteiger charge is 2.15. The first-order valence-corrected chi connectivity index (χ1v) is 10.7. The number of rotatable bonds is 7. The van der Waals surface area contributed by atoms with Crippen LogP contribution in [0.1, 0.15) is 11.4 Å². The number of morpholine rings is 1. The van der Waals surface area contributed by atoms with Crippen LogP contribution in [-0.4, -0.2) is 69.5 Å². The van der Waals surface area contributed by atoms with E-state index in [1.807, 2.05) is 36.4 Å². The maximum absolute atomic E-state index is 12.6. The molecule has 1 fully saturated rings. The summed E-state index contributed by atoms with van der Waals surface area (Å²) in [7, 11) is 0. The van der Waals surface area contributed by atoms with E-state index in [-0.39, 0.29) is 5.56 Å². The van der Waals surface area contributed by atoms with Gasteiger partial charge in [-0.1, -0.05) is 18.2 Å². The largest absolute Gasteiger partial charge is 0.492 e. The molecule has 164 valence electrons. The Morgan fingerprint density at radius 1 is 1.12 bits per heavy atom. The van der Waals surface area contributed by atoms with Crippen LogP contribution in [0.3, 0.4) is 0 Å². The van der Waals surface area contributed by atoms with Crippen molar-refractivity contribution in [3.8, 4) is 17.0 Å². The summed E-state index contributed by atoms with van der Waals surface area (Å²) in [4.78, 5) is 26.7. The molecule has 32 heavy (non-hydrogen) atoms. The van der Waals surface area contributed by atoms with Gasteiger partial charge in [0.1, 0.15) is 34.9 Å². The maximum Gasteiger partial charge on any atom is 0.276 e. The number of pyridine rings is 1. The SMILES string of the molecule is O=c1[nH]c(Cc2ccccc2OCCN2CCOCC2)nc2c(-c3cccnc3)n[nH]c12. The Hall–Kier alpha value is -3.56. The van der Waals surface area contributed by atoms with Crippen molar-refractivity contribution in [1.82, 2.24) is 30.0 Å². The molecule has 5 rings (SSSR count). The Bertz CT molecular complexity index is 1250. The summed E-state index contributed by atoms with van der Waals surface area (Å²) in [5, 5.41) is 7.09. The van der Waals surface area contributed by atoms with Crippen LogP contribution in [0, 0.1) is 0 Å². The standard InChI is InChI=1S/C23H24N6O3/c30-23-22-21(20(27-28-22)17-5-3-7-24-15-17)25-19(26-23)14-16-4-1-2-6-18(16)32-13-10-29-8-11-31-12-9-29/h1-7,15H,8-14H2,(H,27,28)(H,25,26,30). The second-order valence-corrected chi connectivity index (χ2v) is 7.64. The van der Waals surface area contributed by atoms with Crippen LogP contribution < -0.4 is 10.3 Å². The number of hydrogen-bond acceptors (Lipinski definition) is 7. The monoisotopic (exact) mass is 432 g/mol. The second kappa shape index (κ2) is 9.29. The van der Waals surface area contributed by atoms with E-state index in [0.717, 1.165) is 49.7 Å². The predicted octanol–water partition coefficient (Wildman–Crippen LogP) is 2.01. The fourth-order valence-electron chi connectivity index (χ4n) is 3.83. The molecular weight excluding hydrogens is 408 g/mol. The van der Waals surface area contributed by atoms with Gasteiger partial charge in [-0.15, -0.1) is 0 Å². The van der Waals surface area contributed by atoms with Gasteiger partial charge in [0, 0.05) is 49.6 Å². The molecule has 0 saturated carbocycles. The summed E-state index contributed by atoms with van der Waals surface area (Å²) in [5.41, 5.74) is 3.00. The van der Waals surface area contributed by atoms with Gasteiger partial charge in [-0.05, 0) is 18.2 Å². The minimum Gasteiger partial charge on any atom is -0.492 e. The molecule has 0 bridgehead atoms. The molecule has 0 radical (unpaired) electrons. The van der Waals surface area contributed by atoms with Crippen LogP contribution >= 0.6 is 0 Å². The predicted molar refractivity (Wildman–Crippen MR) is 120 cm³/mol. The minimum absolute atomic E-state index is 0.252. The lowest BCUT2D eigenvalue weighted by Gasteiger charge is -2.26. The van der Waals surface area contributed by atoms with Crippen molar-refractivity contribution in [3.05, 3.63) is 70.5 Å². The van der Waals surface area contributed by atoms with Crippen molar-refractivity contribution in [2.24, 2.45) is 0 Å². The van der Waals surface area contributed by atoms with E-state index in [2.05, 4.69) is 25.1 Å². The molecule has 9 nitrogen and oxygen atoms in total. The number of benzene rings is 1. The Balaban J connectivity index is 1.37. The molecular formula is C23H24N6O3. The second-order valence-electron chi connectivity index (χ2n) is 7.64. The molecule has 0 spiro atoms. The quantitative estimate of drug-likeness (QED) is 0.460. The van der Waals surface area contributed by atoms with Gasteiger partial charge < -0.3 is 14.5 Å². The van der Waals surface area contributed by atoms with E-state index in [1.54, 1.807) is 12.4 Å². The molecule has 0 atom stereocenters. The Kier molecular flexibility index (Phi) is 5.91. The van der Waals surface area contributed by atoms with Gasteiger partial charge in [0.05, 0.1) is 13.2 Å². The number of fused-ring (bicyclic) bond motifs is 1. The van der Waals surface area contributed by atoms with E-state index in [0.29, 0.717) is 35.6 Å². The van der Waals surface area contributed by atoms with Crippen LogP contribution in [-0.2, 0) is 11.2 Å². The summed E-state index contributed by atoms with van der Waals surface area (Å²) in [6, 6.07) is 11.6. The van der Waals surface area contributed by atoms with E-state index in [1.165, 1.54) is 0 Å². The zero-order valence-electron chi connectivity index (χ0n) is 17.6. The number of aromatic amines is 2. The molecule has 4 heterocycles. The molecule has 4 aromatic rings. The third kappa shape index (κ3) is 4.39. The third-order valence-corrected chi connectivity index (χ3v) is 5.51. The van der Waals surface area contributed by atoms with Gasteiger partial charge in [0.15, 0.2) is 0 Å². The van der Waals surface area contributed by atoms with Crippen LogP contribution in [0.25, 0.3) is 22.3 Å². The van der Waals surface area contributed by atoms with Gasteiger partial charge >= 0.3 is 0 Å². The van der Waals surface area contributed by atoms with Gasteiger partial charge in [0.2, 0.25) is 0 Å². The van der Waals surface area contributed by atoms with Crippen molar-refractivity contribution in [2.75, 3.05) is 39.5 Å². The van der Waals surface area contributed by atoms with E-state index < -0.39 is 0 Å². The highest BCUT2D eigenvalue weighted by molar-refractivity contribution is 5.88. The summed E-state index contributed by atoms with van der Waals surface area (Å²) >= 11 is 0. The number of nitrogens with one attached hydrogen (secondary N) is 2. The molecule has 3 aromatic heterocycles. The summed E-state index contributed by atoms with van der Waals surface area (Å²) < 4.78 is 11.5. The summed E-state index contributed by atoms with van der Waals surface area (Å²) in [6.45, 7) is 4.84. The van der Waals surface area contributed by atoms with Gasteiger partial charge in [-0.2, -0.15) is 5.10 Å². The molecule has 1 aliphatic heterocycles. The van der Waals surface area contributed by atoms with Crippen molar-refractivity contribution >= 4 is 11.0 Å². The smallest absolute Gasteiger partial charge is 0.276 e. The number of aromatic nitrogens is 5. The number of hydrogen-bond donors (Lipinski definition) is 2. The number of ether oxygens (including phenoxy) is 2. The number of para-hydroxylation sites is 1. The molecule has 0 unspecified atom stereocenters. The fraction of sp³-hybridized carbons (Fsp3) is 0.304. The third-order valence-electron chi connectivity index (χ3n) is 5.51. The van der Waals surface area contributed by atoms with Crippen LogP contribution in [0.15, 0.2) is 53.6 Å². The normalized spacial score (nSPS) is 14.6. The zero-order valence-corrected chi connectivity index (χ0v) is 17.6. The lowest BCUT2D eigenvalue weighted by atomic mass is 10.1.